The third kappa shape index (κ3) is 2.78. The van der Waals surface area contributed by atoms with E-state index >= 15 is 0 Å². The zero-order valence-electron chi connectivity index (χ0n) is 10.5. The van der Waals surface area contributed by atoms with E-state index in [1.165, 1.54) is 12.1 Å². The van der Waals surface area contributed by atoms with Gasteiger partial charge in [-0.15, -0.1) is 11.3 Å². The molecule has 0 amide bonds. The summed E-state index contributed by atoms with van der Waals surface area (Å²) < 4.78 is 19.2. The van der Waals surface area contributed by atoms with Crippen LogP contribution < -0.4 is 4.74 Å². The number of nitriles is 1. The Labute approximate surface area is 118 Å². The lowest BCUT2D eigenvalue weighted by atomic mass is 10.1. The van der Waals surface area contributed by atoms with Gasteiger partial charge in [0.05, 0.1) is 5.56 Å². The highest BCUT2D eigenvalue weighted by molar-refractivity contribution is 7.14. The van der Waals surface area contributed by atoms with Crippen LogP contribution >= 0.6 is 11.3 Å². The number of carbonyl (C=O) groups is 1. The van der Waals surface area contributed by atoms with Gasteiger partial charge in [0.2, 0.25) is 0 Å². The summed E-state index contributed by atoms with van der Waals surface area (Å²) in [5.74, 6) is -1.51. The number of carboxylic acids is 1. The molecule has 0 aliphatic carbocycles. The van der Waals surface area contributed by atoms with Crippen LogP contribution in [0.25, 0.3) is 0 Å². The van der Waals surface area contributed by atoms with E-state index in [-0.39, 0.29) is 28.4 Å². The van der Waals surface area contributed by atoms with Gasteiger partial charge in [-0.25, -0.2) is 9.18 Å². The molecule has 0 radical (unpaired) electrons. The topological polar surface area (TPSA) is 70.3 Å². The van der Waals surface area contributed by atoms with Crippen LogP contribution in [-0.4, -0.2) is 11.1 Å². The normalized spacial score (nSPS) is 10.1. The molecule has 0 bridgehead atoms. The molecule has 1 aromatic heterocycles. The average Bonchev–Trinajstić information content (AvgIpc) is 2.79. The molecule has 20 heavy (non-hydrogen) atoms. The van der Waals surface area contributed by atoms with Crippen LogP contribution in [-0.2, 0) is 6.61 Å². The van der Waals surface area contributed by atoms with Crippen molar-refractivity contribution < 1.29 is 19.0 Å². The minimum absolute atomic E-state index is 0.0638. The van der Waals surface area contributed by atoms with Crippen molar-refractivity contribution in [3.05, 3.63) is 51.0 Å². The highest BCUT2D eigenvalue weighted by atomic mass is 32.1. The van der Waals surface area contributed by atoms with Gasteiger partial charge in [0.1, 0.15) is 24.2 Å². The lowest BCUT2D eigenvalue weighted by molar-refractivity contribution is 0.0697. The molecule has 1 aromatic carbocycles. The van der Waals surface area contributed by atoms with Crippen molar-refractivity contribution in [1.29, 1.82) is 5.26 Å². The molecule has 0 aliphatic heterocycles. The van der Waals surface area contributed by atoms with Gasteiger partial charge in [0.15, 0.2) is 4.88 Å². The van der Waals surface area contributed by atoms with Gasteiger partial charge in [-0.05, 0) is 19.1 Å². The third-order valence-electron chi connectivity index (χ3n) is 2.60. The zero-order valence-corrected chi connectivity index (χ0v) is 11.3. The molecule has 0 spiro atoms. The first-order chi connectivity index (χ1) is 9.52. The molecule has 0 saturated carbocycles. The Hall–Kier alpha value is -2.39. The number of rotatable bonds is 4. The summed E-state index contributed by atoms with van der Waals surface area (Å²) in [5, 5.41) is 17.8. The minimum atomic E-state index is -1.08. The number of hydrogen-bond acceptors (Lipinski definition) is 4. The number of aromatic carboxylic acids is 1. The zero-order chi connectivity index (χ0) is 14.7. The Morgan fingerprint density at radius 2 is 2.30 bits per heavy atom. The van der Waals surface area contributed by atoms with Crippen molar-refractivity contribution in [3.8, 4) is 11.8 Å². The summed E-state index contributed by atoms with van der Waals surface area (Å²) in [6.07, 6.45) is 0. The van der Waals surface area contributed by atoms with Gasteiger partial charge in [-0.1, -0.05) is 12.1 Å². The van der Waals surface area contributed by atoms with Crippen LogP contribution in [0.3, 0.4) is 0 Å². The van der Waals surface area contributed by atoms with E-state index in [4.69, 9.17) is 15.1 Å². The molecule has 0 fully saturated rings. The summed E-state index contributed by atoms with van der Waals surface area (Å²) in [5.41, 5.74) is 0.148. The number of nitrogens with zero attached hydrogens (tertiary/aromatic N) is 1. The first-order valence-corrected chi connectivity index (χ1v) is 6.48. The molecule has 0 atom stereocenters. The molecule has 2 rings (SSSR count). The predicted molar refractivity (Wildman–Crippen MR) is 71.5 cm³/mol. The largest absolute Gasteiger partial charge is 0.487 e. The minimum Gasteiger partial charge on any atom is -0.487 e. The molecule has 0 saturated heterocycles. The van der Waals surface area contributed by atoms with Gasteiger partial charge in [0, 0.05) is 10.4 Å². The van der Waals surface area contributed by atoms with Gasteiger partial charge >= 0.3 is 5.97 Å². The lowest BCUT2D eigenvalue weighted by Gasteiger charge is -2.07. The van der Waals surface area contributed by atoms with Gasteiger partial charge < -0.3 is 9.84 Å². The molecule has 0 aliphatic rings. The second-order valence-electron chi connectivity index (χ2n) is 4.03. The van der Waals surface area contributed by atoms with Crippen molar-refractivity contribution >= 4 is 17.3 Å². The SMILES string of the molecule is Cc1cc(OCc2cccc(C#N)c2F)c(C(=O)O)s1. The first-order valence-electron chi connectivity index (χ1n) is 5.67. The summed E-state index contributed by atoms with van der Waals surface area (Å²) >= 11 is 1.10. The molecule has 4 nitrogen and oxygen atoms in total. The van der Waals surface area contributed by atoms with Crippen LogP contribution in [0.1, 0.15) is 25.7 Å². The molecule has 1 N–H and O–H groups in total. The number of ether oxygens (including phenoxy) is 1. The van der Waals surface area contributed by atoms with Crippen LogP contribution in [0.5, 0.6) is 5.75 Å². The fraction of sp³-hybridized carbons (Fsp3) is 0.143. The van der Waals surface area contributed by atoms with Crippen LogP contribution in [0.15, 0.2) is 24.3 Å². The smallest absolute Gasteiger partial charge is 0.349 e. The quantitative estimate of drug-likeness (QED) is 0.937. The van der Waals surface area contributed by atoms with Gasteiger partial charge in [0.25, 0.3) is 0 Å². The molecule has 2 aromatic rings. The fourth-order valence-electron chi connectivity index (χ4n) is 1.68. The Morgan fingerprint density at radius 1 is 1.55 bits per heavy atom. The van der Waals surface area contributed by atoms with Gasteiger partial charge in [-0.3, -0.25) is 0 Å². The Bertz CT molecular complexity index is 703. The third-order valence-corrected chi connectivity index (χ3v) is 3.62. The van der Waals surface area contributed by atoms with Crippen molar-refractivity contribution in [2.45, 2.75) is 13.5 Å². The number of benzene rings is 1. The highest BCUT2D eigenvalue weighted by Gasteiger charge is 2.16. The van der Waals surface area contributed by atoms with Crippen LogP contribution in [0.4, 0.5) is 4.39 Å². The van der Waals surface area contributed by atoms with Crippen molar-refractivity contribution in [3.63, 3.8) is 0 Å². The summed E-state index contributed by atoms with van der Waals surface area (Å²) in [4.78, 5) is 11.9. The molecule has 102 valence electrons. The lowest BCUT2D eigenvalue weighted by Crippen LogP contribution is -2.02. The molecule has 1 heterocycles. The summed E-state index contributed by atoms with van der Waals surface area (Å²) in [7, 11) is 0. The van der Waals surface area contributed by atoms with Crippen LogP contribution in [0.2, 0.25) is 0 Å². The molecular formula is C14H10FNO3S. The average molecular weight is 291 g/mol. The van der Waals surface area contributed by atoms with Crippen molar-refractivity contribution in [2.75, 3.05) is 0 Å². The maximum Gasteiger partial charge on any atom is 0.349 e. The van der Waals surface area contributed by atoms with E-state index in [2.05, 4.69) is 0 Å². The summed E-state index contributed by atoms with van der Waals surface area (Å²) in [6, 6.07) is 7.76. The predicted octanol–water partition coefficient (Wildman–Crippen LogP) is 3.34. The number of thiophene rings is 1. The van der Waals surface area contributed by atoms with E-state index in [0.717, 1.165) is 16.2 Å². The maximum atomic E-state index is 13.8. The number of halogens is 1. The monoisotopic (exact) mass is 291 g/mol. The second kappa shape index (κ2) is 5.72. The number of hydrogen-bond donors (Lipinski definition) is 1. The van der Waals surface area contributed by atoms with E-state index in [0.29, 0.717) is 0 Å². The summed E-state index contributed by atoms with van der Waals surface area (Å²) in [6.45, 7) is 1.64. The van der Waals surface area contributed by atoms with E-state index in [1.54, 1.807) is 25.1 Å². The van der Waals surface area contributed by atoms with Crippen molar-refractivity contribution in [1.82, 2.24) is 0 Å². The molecule has 0 unspecified atom stereocenters. The fourth-order valence-corrected chi connectivity index (χ4v) is 2.47. The van der Waals surface area contributed by atoms with E-state index < -0.39 is 11.8 Å². The maximum absolute atomic E-state index is 13.8. The first kappa shape index (κ1) is 14.0. The second-order valence-corrected chi connectivity index (χ2v) is 5.29. The Kier molecular flexibility index (Phi) is 4.01. The van der Waals surface area contributed by atoms with E-state index in [1.807, 2.05) is 0 Å². The molecule has 6 heteroatoms. The van der Waals surface area contributed by atoms with E-state index in [9.17, 15) is 9.18 Å². The van der Waals surface area contributed by atoms with Crippen molar-refractivity contribution in [2.24, 2.45) is 0 Å². The van der Waals surface area contributed by atoms with Gasteiger partial charge in [-0.2, -0.15) is 5.26 Å². The highest BCUT2D eigenvalue weighted by Crippen LogP contribution is 2.29. The Morgan fingerprint density at radius 3 is 2.95 bits per heavy atom. The Balaban J connectivity index is 2.22. The molecular weight excluding hydrogens is 281 g/mol. The number of aryl methyl sites for hydroxylation is 1. The van der Waals surface area contributed by atoms with Crippen LogP contribution in [0, 0.1) is 24.1 Å². The number of carboxylic acid groups (broad SMARTS) is 1. The standard InChI is InChI=1S/C14H10FNO3S/c1-8-5-11(13(20-8)14(17)18)19-7-10-4-2-3-9(6-16)12(10)15/h2-5H,7H2,1H3,(H,17,18).